The van der Waals surface area contributed by atoms with Crippen LogP contribution < -0.4 is 19.5 Å². The predicted molar refractivity (Wildman–Crippen MR) is 113 cm³/mol. The number of ether oxygens (including phenoxy) is 3. The van der Waals surface area contributed by atoms with Crippen LogP contribution in [-0.4, -0.2) is 46.2 Å². The van der Waals surface area contributed by atoms with Crippen molar-refractivity contribution in [3.05, 3.63) is 48.0 Å². The Bertz CT molecular complexity index is 1050. The Balaban J connectivity index is 1.64. The Morgan fingerprint density at radius 3 is 2.39 bits per heavy atom. The van der Waals surface area contributed by atoms with E-state index < -0.39 is 21.9 Å². The van der Waals surface area contributed by atoms with Gasteiger partial charge in [-0.1, -0.05) is 0 Å². The molecule has 1 aliphatic rings. The number of amides is 1. The van der Waals surface area contributed by atoms with E-state index in [2.05, 4.69) is 10.0 Å². The normalized spacial score (nSPS) is 13.3. The first kappa shape index (κ1) is 22.4. The summed E-state index contributed by atoms with van der Waals surface area (Å²) in [5.74, 6) is -0.131. The fourth-order valence-corrected chi connectivity index (χ4v) is 3.85. The molecule has 10 heteroatoms. The van der Waals surface area contributed by atoms with Crippen LogP contribution in [0.1, 0.15) is 30.6 Å². The van der Waals surface area contributed by atoms with Crippen LogP contribution in [0.25, 0.3) is 0 Å². The van der Waals surface area contributed by atoms with Crippen molar-refractivity contribution in [3.63, 3.8) is 0 Å². The molecule has 0 saturated heterocycles. The van der Waals surface area contributed by atoms with E-state index in [1.807, 2.05) is 0 Å². The lowest BCUT2D eigenvalue weighted by Crippen LogP contribution is -2.31. The maximum Gasteiger partial charge on any atom is 0.325 e. The second-order valence-corrected chi connectivity index (χ2v) is 8.75. The van der Waals surface area contributed by atoms with E-state index in [0.717, 1.165) is 0 Å². The molecule has 1 amide bonds. The van der Waals surface area contributed by atoms with Crippen molar-refractivity contribution in [2.75, 3.05) is 24.5 Å². The molecule has 2 aromatic carbocycles. The van der Waals surface area contributed by atoms with Gasteiger partial charge in [-0.3, -0.25) is 14.3 Å². The first-order chi connectivity index (χ1) is 14.7. The van der Waals surface area contributed by atoms with E-state index in [-0.39, 0.29) is 28.8 Å². The number of fused-ring (bicyclic) bond motifs is 1. The average molecular weight is 448 g/mol. The van der Waals surface area contributed by atoms with Gasteiger partial charge in [0.05, 0.1) is 24.2 Å². The van der Waals surface area contributed by atoms with Gasteiger partial charge in [0.25, 0.3) is 15.9 Å². The number of carbonyl (C=O) groups is 2. The van der Waals surface area contributed by atoms with Gasteiger partial charge in [-0.05, 0) is 50.2 Å². The van der Waals surface area contributed by atoms with Crippen molar-refractivity contribution in [2.24, 2.45) is 0 Å². The smallest absolute Gasteiger partial charge is 0.325 e. The number of benzene rings is 2. The number of sulfonamides is 1. The highest BCUT2D eigenvalue weighted by atomic mass is 32.2. The van der Waals surface area contributed by atoms with Crippen LogP contribution in [0.5, 0.6) is 11.5 Å². The summed E-state index contributed by atoms with van der Waals surface area (Å²) in [7, 11) is -3.87. The Morgan fingerprint density at radius 2 is 1.71 bits per heavy atom. The molecule has 0 bridgehead atoms. The summed E-state index contributed by atoms with van der Waals surface area (Å²) in [4.78, 5) is 23.7. The van der Waals surface area contributed by atoms with Gasteiger partial charge < -0.3 is 19.5 Å². The summed E-state index contributed by atoms with van der Waals surface area (Å²) in [6.07, 6.45) is 0.448. The molecule has 0 radical (unpaired) electrons. The highest BCUT2D eigenvalue weighted by Gasteiger charge is 2.19. The summed E-state index contributed by atoms with van der Waals surface area (Å²) < 4.78 is 43.9. The molecule has 1 heterocycles. The van der Waals surface area contributed by atoms with Crippen molar-refractivity contribution in [1.82, 2.24) is 5.32 Å². The summed E-state index contributed by atoms with van der Waals surface area (Å²) in [6.45, 7) is 4.13. The van der Waals surface area contributed by atoms with E-state index >= 15 is 0 Å². The number of carbonyl (C=O) groups excluding carboxylic acids is 2. The molecule has 2 aromatic rings. The molecule has 0 spiro atoms. The Morgan fingerprint density at radius 1 is 1.03 bits per heavy atom. The monoisotopic (exact) mass is 448 g/mol. The van der Waals surface area contributed by atoms with E-state index in [9.17, 15) is 18.0 Å². The van der Waals surface area contributed by atoms with Gasteiger partial charge in [0.15, 0.2) is 11.5 Å². The van der Waals surface area contributed by atoms with Crippen LogP contribution in [0.2, 0.25) is 0 Å². The summed E-state index contributed by atoms with van der Waals surface area (Å²) in [6, 6.07) is 10.2. The van der Waals surface area contributed by atoms with Gasteiger partial charge >= 0.3 is 5.97 Å². The zero-order valence-corrected chi connectivity index (χ0v) is 18.0. The maximum atomic E-state index is 12.7. The number of esters is 1. The van der Waals surface area contributed by atoms with Crippen LogP contribution in [0.3, 0.4) is 0 Å². The summed E-state index contributed by atoms with van der Waals surface area (Å²) in [5.41, 5.74) is 0.554. The van der Waals surface area contributed by atoms with E-state index in [1.54, 1.807) is 19.9 Å². The molecule has 0 atom stereocenters. The van der Waals surface area contributed by atoms with Crippen molar-refractivity contribution in [3.8, 4) is 11.5 Å². The minimum absolute atomic E-state index is 0.0298. The molecule has 0 aliphatic carbocycles. The molecule has 1 aliphatic heterocycles. The highest BCUT2D eigenvalue weighted by Crippen LogP contribution is 2.32. The molecule has 2 N–H and O–H groups in total. The standard InChI is InChI=1S/C21H24N2O7S/c1-14(2)30-20(24)13-22-21(25)15-4-6-16(7-5-15)23-31(26,27)17-8-9-18-19(12-17)29-11-3-10-28-18/h4-9,12,14,23H,3,10-11,13H2,1-2H3,(H,22,25). The summed E-state index contributed by atoms with van der Waals surface area (Å²) in [5, 5.41) is 2.45. The number of anilines is 1. The summed E-state index contributed by atoms with van der Waals surface area (Å²) >= 11 is 0. The van der Waals surface area contributed by atoms with E-state index in [4.69, 9.17) is 14.2 Å². The first-order valence-corrected chi connectivity index (χ1v) is 11.2. The third kappa shape index (κ3) is 6.11. The van der Waals surface area contributed by atoms with Crippen LogP contribution >= 0.6 is 0 Å². The highest BCUT2D eigenvalue weighted by molar-refractivity contribution is 7.92. The van der Waals surface area contributed by atoms with Gasteiger partial charge in [0, 0.05) is 23.7 Å². The van der Waals surface area contributed by atoms with Gasteiger partial charge in [-0.15, -0.1) is 0 Å². The minimum atomic E-state index is -3.87. The van der Waals surface area contributed by atoms with Gasteiger partial charge in [-0.2, -0.15) is 0 Å². The molecule has 0 aromatic heterocycles. The molecule has 166 valence electrons. The zero-order valence-electron chi connectivity index (χ0n) is 17.2. The maximum absolute atomic E-state index is 12.7. The number of hydrogen-bond donors (Lipinski definition) is 2. The number of nitrogens with one attached hydrogen (secondary N) is 2. The van der Waals surface area contributed by atoms with Gasteiger partial charge in [0.1, 0.15) is 6.54 Å². The Labute approximate surface area is 180 Å². The van der Waals surface area contributed by atoms with Crippen LogP contribution in [-0.2, 0) is 19.6 Å². The minimum Gasteiger partial charge on any atom is -0.490 e. The lowest BCUT2D eigenvalue weighted by molar-refractivity contribution is -0.146. The molecule has 31 heavy (non-hydrogen) atoms. The number of hydrogen-bond acceptors (Lipinski definition) is 7. The predicted octanol–water partition coefficient (Wildman–Crippen LogP) is 2.33. The SMILES string of the molecule is CC(C)OC(=O)CNC(=O)c1ccc(NS(=O)(=O)c2ccc3c(c2)OCCCO3)cc1. The van der Waals surface area contributed by atoms with Crippen molar-refractivity contribution in [2.45, 2.75) is 31.3 Å². The van der Waals surface area contributed by atoms with Crippen LogP contribution in [0.15, 0.2) is 47.4 Å². The van der Waals surface area contributed by atoms with Crippen LogP contribution in [0.4, 0.5) is 5.69 Å². The zero-order chi connectivity index (χ0) is 22.4. The molecule has 9 nitrogen and oxygen atoms in total. The quantitative estimate of drug-likeness (QED) is 0.624. The third-order valence-electron chi connectivity index (χ3n) is 4.19. The van der Waals surface area contributed by atoms with Crippen molar-refractivity contribution >= 4 is 27.6 Å². The molecule has 0 saturated carbocycles. The Kier molecular flexibility index (Phi) is 7.01. The first-order valence-electron chi connectivity index (χ1n) is 9.75. The van der Waals surface area contributed by atoms with Crippen molar-refractivity contribution < 1.29 is 32.2 Å². The fourth-order valence-electron chi connectivity index (χ4n) is 2.77. The second kappa shape index (κ2) is 9.69. The number of rotatable bonds is 7. The average Bonchev–Trinajstić information content (AvgIpc) is 2.96. The van der Waals surface area contributed by atoms with Gasteiger partial charge in [-0.25, -0.2) is 8.42 Å². The second-order valence-electron chi connectivity index (χ2n) is 7.06. The molecule has 0 fully saturated rings. The molecule has 3 rings (SSSR count). The van der Waals surface area contributed by atoms with E-state index in [1.165, 1.54) is 36.4 Å². The fraction of sp³-hybridized carbons (Fsp3) is 0.333. The molecular weight excluding hydrogens is 424 g/mol. The van der Waals surface area contributed by atoms with Gasteiger partial charge in [0.2, 0.25) is 0 Å². The molecular formula is C21H24N2O7S. The Hall–Kier alpha value is -3.27. The topological polar surface area (TPSA) is 120 Å². The largest absolute Gasteiger partial charge is 0.490 e. The van der Waals surface area contributed by atoms with Crippen LogP contribution in [0, 0.1) is 0 Å². The third-order valence-corrected chi connectivity index (χ3v) is 5.57. The van der Waals surface area contributed by atoms with Crippen molar-refractivity contribution in [1.29, 1.82) is 0 Å². The lowest BCUT2D eigenvalue weighted by atomic mass is 10.2. The molecule has 0 unspecified atom stereocenters. The van der Waals surface area contributed by atoms with E-state index in [0.29, 0.717) is 31.1 Å². The lowest BCUT2D eigenvalue weighted by Gasteiger charge is -2.12.